The number of ether oxygens (including phenoxy) is 3. The minimum absolute atomic E-state index is 0. The molecule has 2 N–H and O–H groups in total. The monoisotopic (exact) mass is 512 g/mol. The van der Waals surface area contributed by atoms with Crippen LogP contribution in [0.1, 0.15) is 33.1 Å². The molecule has 2 saturated heterocycles. The summed E-state index contributed by atoms with van der Waals surface area (Å²) in [7, 11) is 1.81. The van der Waals surface area contributed by atoms with Gasteiger partial charge in [-0.1, -0.05) is 13.8 Å². The quantitative estimate of drug-likeness (QED) is 0.202. The molecule has 28 heavy (non-hydrogen) atoms. The number of aliphatic imine (C=N–C) groups is 1. The number of morpholine rings is 1. The van der Waals surface area contributed by atoms with Gasteiger partial charge in [0.1, 0.15) is 0 Å². The molecule has 2 aliphatic rings. The van der Waals surface area contributed by atoms with E-state index in [0.29, 0.717) is 11.8 Å². The molecular weight excluding hydrogens is 471 g/mol. The van der Waals surface area contributed by atoms with Crippen molar-refractivity contribution in [3.8, 4) is 0 Å². The molecule has 166 valence electrons. The van der Waals surface area contributed by atoms with Crippen LogP contribution >= 0.6 is 24.0 Å². The fraction of sp³-hybridized carbons (Fsp3) is 0.950. The Hall–Kier alpha value is -0.160. The summed E-state index contributed by atoms with van der Waals surface area (Å²) in [4.78, 5) is 6.79. The largest absolute Gasteiger partial charge is 0.381 e. The molecule has 0 aromatic rings. The highest BCUT2D eigenvalue weighted by molar-refractivity contribution is 14.0. The maximum Gasteiger partial charge on any atom is 0.191 e. The zero-order chi connectivity index (χ0) is 19.3. The van der Waals surface area contributed by atoms with E-state index in [1.165, 1.54) is 0 Å². The predicted octanol–water partition coefficient (Wildman–Crippen LogP) is 1.96. The summed E-state index contributed by atoms with van der Waals surface area (Å²) in [5.41, 5.74) is 0. The van der Waals surface area contributed by atoms with Gasteiger partial charge in [0.05, 0.1) is 12.7 Å². The number of guanidine groups is 1. The van der Waals surface area contributed by atoms with Crippen LogP contribution in [0.25, 0.3) is 0 Å². The number of hydrogen-bond acceptors (Lipinski definition) is 5. The van der Waals surface area contributed by atoms with Gasteiger partial charge in [0.25, 0.3) is 0 Å². The Balaban J connectivity index is 0.00000392. The van der Waals surface area contributed by atoms with Crippen molar-refractivity contribution in [2.45, 2.75) is 39.2 Å². The molecule has 0 aliphatic carbocycles. The van der Waals surface area contributed by atoms with E-state index in [0.717, 1.165) is 91.0 Å². The van der Waals surface area contributed by atoms with Crippen molar-refractivity contribution in [2.75, 3.05) is 72.8 Å². The Bertz CT molecular complexity index is 420. The van der Waals surface area contributed by atoms with Gasteiger partial charge in [-0.25, -0.2) is 0 Å². The zero-order valence-corrected chi connectivity index (χ0v) is 20.3. The van der Waals surface area contributed by atoms with Crippen LogP contribution in [0.4, 0.5) is 0 Å². The molecular formula is C20H41IN4O3. The Morgan fingerprint density at radius 3 is 2.71 bits per heavy atom. The van der Waals surface area contributed by atoms with Gasteiger partial charge >= 0.3 is 0 Å². The van der Waals surface area contributed by atoms with Crippen LogP contribution in [0.2, 0.25) is 0 Å². The van der Waals surface area contributed by atoms with Crippen LogP contribution in [0.5, 0.6) is 0 Å². The Morgan fingerprint density at radius 2 is 2.00 bits per heavy atom. The van der Waals surface area contributed by atoms with Crippen molar-refractivity contribution in [2.24, 2.45) is 16.8 Å². The Labute approximate surface area is 188 Å². The van der Waals surface area contributed by atoms with Crippen molar-refractivity contribution in [3.63, 3.8) is 0 Å². The molecule has 2 rings (SSSR count). The van der Waals surface area contributed by atoms with Crippen LogP contribution < -0.4 is 10.6 Å². The molecule has 2 fully saturated rings. The third kappa shape index (κ3) is 11.1. The van der Waals surface area contributed by atoms with Gasteiger partial charge in [-0.2, -0.15) is 0 Å². The van der Waals surface area contributed by atoms with Gasteiger partial charge in [0.2, 0.25) is 0 Å². The summed E-state index contributed by atoms with van der Waals surface area (Å²) in [5, 5.41) is 6.75. The number of halogens is 1. The predicted molar refractivity (Wildman–Crippen MR) is 125 cm³/mol. The number of nitrogens with one attached hydrogen (secondary N) is 2. The summed E-state index contributed by atoms with van der Waals surface area (Å²) in [5.74, 6) is 2.20. The average molecular weight is 512 g/mol. The lowest BCUT2D eigenvalue weighted by atomic mass is 10.0. The SMILES string of the molecule is CN=C(NCCCOCC1CCOCC1)NCC1CN(CC(C)C)CCO1.I. The van der Waals surface area contributed by atoms with E-state index in [1.807, 2.05) is 7.05 Å². The second-order valence-corrected chi connectivity index (χ2v) is 8.01. The highest BCUT2D eigenvalue weighted by Gasteiger charge is 2.21. The summed E-state index contributed by atoms with van der Waals surface area (Å²) >= 11 is 0. The van der Waals surface area contributed by atoms with Crippen molar-refractivity contribution in [1.82, 2.24) is 15.5 Å². The third-order valence-electron chi connectivity index (χ3n) is 5.02. The molecule has 0 aromatic heterocycles. The van der Waals surface area contributed by atoms with Crippen LogP contribution in [0.3, 0.4) is 0 Å². The Kier molecular flexibility index (Phi) is 14.5. The first kappa shape index (κ1) is 25.9. The summed E-state index contributed by atoms with van der Waals surface area (Å²) in [6.07, 6.45) is 3.46. The van der Waals surface area contributed by atoms with Crippen LogP contribution in [0, 0.1) is 11.8 Å². The van der Waals surface area contributed by atoms with E-state index in [1.54, 1.807) is 0 Å². The van der Waals surface area contributed by atoms with Gasteiger partial charge in [0.15, 0.2) is 5.96 Å². The molecule has 1 unspecified atom stereocenters. The first-order valence-corrected chi connectivity index (χ1v) is 10.6. The molecule has 0 aromatic carbocycles. The lowest BCUT2D eigenvalue weighted by Crippen LogP contribution is -2.50. The topological polar surface area (TPSA) is 67.4 Å². The van der Waals surface area contributed by atoms with Crippen LogP contribution in [-0.2, 0) is 14.2 Å². The molecule has 1 atom stereocenters. The molecule has 2 heterocycles. The lowest BCUT2D eigenvalue weighted by Gasteiger charge is -2.34. The van der Waals surface area contributed by atoms with Gasteiger partial charge in [-0.15, -0.1) is 24.0 Å². The van der Waals surface area contributed by atoms with E-state index in [9.17, 15) is 0 Å². The van der Waals surface area contributed by atoms with E-state index < -0.39 is 0 Å². The number of rotatable bonds is 10. The van der Waals surface area contributed by atoms with Gasteiger partial charge in [0, 0.05) is 66.2 Å². The first-order valence-electron chi connectivity index (χ1n) is 10.6. The minimum atomic E-state index is 0. The van der Waals surface area contributed by atoms with E-state index in [-0.39, 0.29) is 30.1 Å². The molecule has 0 radical (unpaired) electrons. The molecule has 0 bridgehead atoms. The fourth-order valence-corrected chi connectivity index (χ4v) is 3.56. The molecule has 0 spiro atoms. The van der Waals surface area contributed by atoms with E-state index in [2.05, 4.69) is 34.4 Å². The first-order chi connectivity index (χ1) is 13.2. The lowest BCUT2D eigenvalue weighted by molar-refractivity contribution is -0.0284. The van der Waals surface area contributed by atoms with Crippen molar-refractivity contribution >= 4 is 29.9 Å². The summed E-state index contributed by atoms with van der Waals surface area (Å²) in [6.45, 7) is 13.6. The average Bonchev–Trinajstić information content (AvgIpc) is 2.67. The molecule has 0 saturated carbocycles. The van der Waals surface area contributed by atoms with E-state index in [4.69, 9.17) is 14.2 Å². The highest BCUT2D eigenvalue weighted by atomic mass is 127. The zero-order valence-electron chi connectivity index (χ0n) is 18.0. The van der Waals surface area contributed by atoms with Crippen molar-refractivity contribution < 1.29 is 14.2 Å². The maximum atomic E-state index is 5.88. The summed E-state index contributed by atoms with van der Waals surface area (Å²) in [6, 6.07) is 0. The fourth-order valence-electron chi connectivity index (χ4n) is 3.56. The molecule has 8 heteroatoms. The minimum Gasteiger partial charge on any atom is -0.381 e. The molecule has 2 aliphatic heterocycles. The molecule has 0 amide bonds. The smallest absolute Gasteiger partial charge is 0.191 e. The van der Waals surface area contributed by atoms with E-state index >= 15 is 0 Å². The summed E-state index contributed by atoms with van der Waals surface area (Å²) < 4.78 is 17.1. The number of hydrogen-bond donors (Lipinski definition) is 2. The van der Waals surface area contributed by atoms with Crippen molar-refractivity contribution in [1.29, 1.82) is 0 Å². The maximum absolute atomic E-state index is 5.88. The Morgan fingerprint density at radius 1 is 1.21 bits per heavy atom. The van der Waals surface area contributed by atoms with Crippen LogP contribution in [0.15, 0.2) is 4.99 Å². The standard InChI is InChI=1S/C20H40N4O3.HI/c1-17(2)14-24-8-12-27-19(15-24)13-23-20(21-3)22-7-4-9-26-16-18-5-10-25-11-6-18;/h17-19H,4-16H2,1-3H3,(H2,21,22,23);1H. The molecule has 7 nitrogen and oxygen atoms in total. The van der Waals surface area contributed by atoms with Gasteiger partial charge in [-0.05, 0) is 31.1 Å². The van der Waals surface area contributed by atoms with Crippen molar-refractivity contribution in [3.05, 3.63) is 0 Å². The normalized spacial score (nSPS) is 22.1. The highest BCUT2D eigenvalue weighted by Crippen LogP contribution is 2.14. The second-order valence-electron chi connectivity index (χ2n) is 8.01. The third-order valence-corrected chi connectivity index (χ3v) is 5.02. The van der Waals surface area contributed by atoms with Gasteiger partial charge < -0.3 is 24.8 Å². The second kappa shape index (κ2) is 15.6. The van der Waals surface area contributed by atoms with Gasteiger partial charge in [-0.3, -0.25) is 9.89 Å². The number of nitrogens with zero attached hydrogens (tertiary/aromatic N) is 2. The van der Waals surface area contributed by atoms with Crippen LogP contribution in [-0.4, -0.2) is 89.8 Å².